The number of pyridine rings is 1. The van der Waals surface area contributed by atoms with Crippen LogP contribution in [0.15, 0.2) is 29.1 Å². The van der Waals surface area contributed by atoms with E-state index < -0.39 is 0 Å². The molecule has 2 heterocycles. The van der Waals surface area contributed by atoms with E-state index in [9.17, 15) is 9.59 Å². The number of fused-ring (bicyclic) bond motifs is 1. The minimum absolute atomic E-state index is 0.0187. The first-order valence-corrected chi connectivity index (χ1v) is 8.02. The number of quaternary nitrogens is 1. The third-order valence-electron chi connectivity index (χ3n) is 3.72. The summed E-state index contributed by atoms with van der Waals surface area (Å²) in [5.74, 6) is 0.0187. The Bertz CT molecular complexity index is 752. The standard InChI is InChI=1S/C17H24N4O2/c1-5-20(11-16(22)18-12(2)3)10-14-9-17(23)21-13(4)7-6-8-15(21)19-14/h6-9,12H,5,10-11H2,1-4H3,(H,18,22)/p+1. The van der Waals surface area contributed by atoms with Gasteiger partial charge in [0.05, 0.1) is 6.54 Å². The number of rotatable bonds is 6. The summed E-state index contributed by atoms with van der Waals surface area (Å²) in [6.07, 6.45) is 0. The van der Waals surface area contributed by atoms with Crippen LogP contribution in [0.5, 0.6) is 0 Å². The summed E-state index contributed by atoms with van der Waals surface area (Å²) in [7, 11) is 0. The Hall–Kier alpha value is -2.21. The van der Waals surface area contributed by atoms with Gasteiger partial charge in [-0.25, -0.2) is 4.98 Å². The van der Waals surface area contributed by atoms with Gasteiger partial charge < -0.3 is 10.2 Å². The molecular weight excluding hydrogens is 292 g/mol. The van der Waals surface area contributed by atoms with Crippen molar-refractivity contribution in [3.8, 4) is 0 Å². The first-order chi connectivity index (χ1) is 10.9. The molecule has 1 amide bonds. The van der Waals surface area contributed by atoms with E-state index in [4.69, 9.17) is 0 Å². The van der Waals surface area contributed by atoms with E-state index in [0.717, 1.165) is 22.8 Å². The molecule has 0 radical (unpaired) electrons. The number of hydrogen-bond donors (Lipinski definition) is 2. The topological polar surface area (TPSA) is 67.9 Å². The molecule has 2 aromatic heterocycles. The largest absolute Gasteiger partial charge is 0.349 e. The van der Waals surface area contributed by atoms with Gasteiger partial charge >= 0.3 is 0 Å². The quantitative estimate of drug-likeness (QED) is 0.784. The van der Waals surface area contributed by atoms with Crippen molar-refractivity contribution >= 4 is 11.6 Å². The number of nitrogens with zero attached hydrogens (tertiary/aromatic N) is 2. The van der Waals surface area contributed by atoms with Gasteiger partial charge in [-0.3, -0.25) is 14.0 Å². The van der Waals surface area contributed by atoms with Gasteiger partial charge in [0.15, 0.2) is 6.54 Å². The lowest BCUT2D eigenvalue weighted by molar-refractivity contribution is -0.904. The van der Waals surface area contributed by atoms with Crippen LogP contribution < -0.4 is 15.8 Å². The Morgan fingerprint density at radius 1 is 1.39 bits per heavy atom. The third-order valence-corrected chi connectivity index (χ3v) is 3.72. The molecule has 23 heavy (non-hydrogen) atoms. The molecular formula is C17H25N4O2+. The fraction of sp³-hybridized carbons (Fsp3) is 0.471. The van der Waals surface area contributed by atoms with Crippen LogP contribution in [0.3, 0.4) is 0 Å². The van der Waals surface area contributed by atoms with Gasteiger partial charge in [0.2, 0.25) is 0 Å². The fourth-order valence-electron chi connectivity index (χ4n) is 2.62. The summed E-state index contributed by atoms with van der Waals surface area (Å²) >= 11 is 0. The van der Waals surface area contributed by atoms with Crippen LogP contribution in [0.4, 0.5) is 0 Å². The van der Waals surface area contributed by atoms with Crippen molar-refractivity contribution < 1.29 is 9.69 Å². The van der Waals surface area contributed by atoms with Gasteiger partial charge in [-0.15, -0.1) is 0 Å². The molecule has 6 heteroatoms. The van der Waals surface area contributed by atoms with Gasteiger partial charge in [-0.1, -0.05) is 6.07 Å². The zero-order chi connectivity index (χ0) is 17.0. The highest BCUT2D eigenvalue weighted by Gasteiger charge is 2.15. The maximum atomic E-state index is 12.3. The van der Waals surface area contributed by atoms with Gasteiger partial charge in [0.1, 0.15) is 17.9 Å². The zero-order valence-electron chi connectivity index (χ0n) is 14.2. The number of carbonyl (C=O) groups excluding carboxylic acids is 1. The minimum Gasteiger partial charge on any atom is -0.349 e. The van der Waals surface area contributed by atoms with Crippen LogP contribution in [-0.4, -0.2) is 34.4 Å². The van der Waals surface area contributed by atoms with Crippen molar-refractivity contribution in [2.75, 3.05) is 13.1 Å². The van der Waals surface area contributed by atoms with Crippen LogP contribution in [0.2, 0.25) is 0 Å². The molecule has 0 aliphatic carbocycles. The molecule has 2 rings (SSSR count). The van der Waals surface area contributed by atoms with Gasteiger partial charge in [-0.05, 0) is 39.8 Å². The SMILES string of the molecule is CC[NH+](CC(=O)NC(C)C)Cc1cc(=O)n2c(C)cccc2n1. The van der Waals surface area contributed by atoms with Gasteiger partial charge in [-0.2, -0.15) is 0 Å². The normalized spacial score (nSPS) is 12.6. The van der Waals surface area contributed by atoms with Gasteiger partial charge in [0.25, 0.3) is 11.5 Å². The minimum atomic E-state index is -0.0785. The summed E-state index contributed by atoms with van der Waals surface area (Å²) < 4.78 is 1.60. The molecule has 1 unspecified atom stereocenters. The molecule has 0 fully saturated rings. The van der Waals surface area contributed by atoms with Crippen LogP contribution in [-0.2, 0) is 11.3 Å². The lowest BCUT2D eigenvalue weighted by atomic mass is 10.3. The molecule has 2 N–H and O–H groups in total. The maximum absolute atomic E-state index is 12.3. The van der Waals surface area contributed by atoms with Crippen LogP contribution >= 0.6 is 0 Å². The van der Waals surface area contributed by atoms with Crippen LogP contribution in [0.25, 0.3) is 5.65 Å². The molecule has 0 aromatic carbocycles. The summed E-state index contributed by atoms with van der Waals surface area (Å²) in [4.78, 5) is 29.9. The third kappa shape index (κ3) is 4.39. The molecule has 0 aliphatic rings. The highest BCUT2D eigenvalue weighted by Crippen LogP contribution is 2.02. The molecule has 6 nitrogen and oxygen atoms in total. The predicted molar refractivity (Wildman–Crippen MR) is 89.6 cm³/mol. The van der Waals surface area contributed by atoms with Crippen molar-refractivity contribution in [2.24, 2.45) is 0 Å². The Morgan fingerprint density at radius 2 is 2.13 bits per heavy atom. The number of amides is 1. The van der Waals surface area contributed by atoms with E-state index >= 15 is 0 Å². The fourth-order valence-corrected chi connectivity index (χ4v) is 2.62. The highest BCUT2D eigenvalue weighted by atomic mass is 16.2. The molecule has 1 atom stereocenters. The van der Waals surface area contributed by atoms with E-state index in [1.807, 2.05) is 45.9 Å². The number of likely N-dealkylation sites (N-methyl/N-ethyl adjacent to an activating group) is 1. The lowest BCUT2D eigenvalue weighted by Gasteiger charge is -2.18. The van der Waals surface area contributed by atoms with E-state index in [1.165, 1.54) is 0 Å². The van der Waals surface area contributed by atoms with Crippen molar-refractivity contribution in [2.45, 2.75) is 40.3 Å². The molecule has 0 saturated carbocycles. The molecule has 124 valence electrons. The first-order valence-electron chi connectivity index (χ1n) is 8.02. The van der Waals surface area contributed by atoms with E-state index in [0.29, 0.717) is 18.7 Å². The van der Waals surface area contributed by atoms with Crippen molar-refractivity contribution in [3.05, 3.63) is 46.0 Å². The average Bonchev–Trinajstić information content (AvgIpc) is 2.45. The predicted octanol–water partition coefficient (Wildman–Crippen LogP) is -0.0677. The number of nitrogens with one attached hydrogen (secondary N) is 2. The maximum Gasteiger partial charge on any atom is 0.275 e. The number of hydrogen-bond acceptors (Lipinski definition) is 3. The number of aromatic nitrogens is 2. The Balaban J connectivity index is 2.20. The summed E-state index contributed by atoms with van der Waals surface area (Å²) in [5, 5.41) is 2.90. The van der Waals surface area contributed by atoms with Crippen molar-refractivity contribution in [1.82, 2.24) is 14.7 Å². The number of aryl methyl sites for hydroxylation is 1. The molecule has 0 bridgehead atoms. The summed E-state index contributed by atoms with van der Waals surface area (Å²) in [5.41, 5.74) is 2.15. The van der Waals surface area contributed by atoms with E-state index in [-0.39, 0.29) is 17.5 Å². The van der Waals surface area contributed by atoms with E-state index in [2.05, 4.69) is 10.3 Å². The number of carbonyl (C=O) groups is 1. The second-order valence-corrected chi connectivity index (χ2v) is 6.13. The Morgan fingerprint density at radius 3 is 2.78 bits per heavy atom. The second-order valence-electron chi connectivity index (χ2n) is 6.13. The zero-order valence-corrected chi connectivity index (χ0v) is 14.2. The van der Waals surface area contributed by atoms with Crippen molar-refractivity contribution in [3.63, 3.8) is 0 Å². The van der Waals surface area contributed by atoms with Gasteiger partial charge in [0, 0.05) is 17.8 Å². The first kappa shape index (κ1) is 17.1. The Kier molecular flexibility index (Phi) is 5.50. The smallest absolute Gasteiger partial charge is 0.275 e. The van der Waals surface area contributed by atoms with Crippen LogP contribution in [0.1, 0.15) is 32.2 Å². The molecule has 0 spiro atoms. The molecule has 0 saturated heterocycles. The van der Waals surface area contributed by atoms with E-state index in [1.54, 1.807) is 10.5 Å². The summed E-state index contributed by atoms with van der Waals surface area (Å²) in [6.45, 7) is 9.52. The lowest BCUT2D eigenvalue weighted by Crippen LogP contribution is -3.11. The Labute approximate surface area is 136 Å². The average molecular weight is 317 g/mol. The monoisotopic (exact) mass is 317 g/mol. The molecule has 2 aromatic rings. The van der Waals surface area contributed by atoms with Crippen LogP contribution in [0, 0.1) is 6.92 Å². The highest BCUT2D eigenvalue weighted by molar-refractivity contribution is 5.77. The van der Waals surface area contributed by atoms with Crippen molar-refractivity contribution in [1.29, 1.82) is 0 Å². The molecule has 0 aliphatic heterocycles. The summed E-state index contributed by atoms with van der Waals surface area (Å²) in [6, 6.07) is 7.30. The second kappa shape index (κ2) is 7.37.